The Hall–Kier alpha value is 0.270. The average Bonchev–Trinajstić information content (AvgIpc) is 2.34. The van der Waals surface area contributed by atoms with Crippen molar-refractivity contribution in [3.63, 3.8) is 0 Å². The van der Waals surface area contributed by atoms with E-state index in [0.29, 0.717) is 5.92 Å². The highest BCUT2D eigenvalue weighted by Gasteiger charge is 2.31. The van der Waals surface area contributed by atoms with Gasteiger partial charge in [-0.15, -0.1) is 0 Å². The van der Waals surface area contributed by atoms with E-state index >= 15 is 0 Å². The van der Waals surface area contributed by atoms with Gasteiger partial charge < -0.3 is 10.0 Å². The summed E-state index contributed by atoms with van der Waals surface area (Å²) in [5.74, 6) is 2.67. The maximum absolute atomic E-state index is 10.2. The standard InChI is InChI=1S/C15H29NOS/c1-3-4-13-5-6-15(17)14(9-13)11-16-7-8-18-12(2)10-16/h12-15,17H,3-11H2,1-2H3. The Kier molecular flexibility index (Phi) is 5.84. The molecule has 0 spiro atoms. The molecule has 106 valence electrons. The summed E-state index contributed by atoms with van der Waals surface area (Å²) in [6.45, 7) is 8.17. The number of hydrogen-bond donors (Lipinski definition) is 1. The van der Waals surface area contributed by atoms with Crippen molar-refractivity contribution < 1.29 is 5.11 Å². The fourth-order valence-corrected chi connectivity index (χ4v) is 4.68. The molecule has 2 aliphatic rings. The predicted octanol–water partition coefficient (Wildman–Crippen LogP) is 3.00. The van der Waals surface area contributed by atoms with Crippen LogP contribution in [-0.4, -0.2) is 46.7 Å². The molecule has 4 atom stereocenters. The molecule has 1 aliphatic carbocycles. The lowest BCUT2D eigenvalue weighted by molar-refractivity contribution is 0.0264. The topological polar surface area (TPSA) is 23.5 Å². The predicted molar refractivity (Wildman–Crippen MR) is 80.1 cm³/mol. The molecule has 3 heteroatoms. The quantitative estimate of drug-likeness (QED) is 0.850. The zero-order valence-electron chi connectivity index (χ0n) is 12.0. The third kappa shape index (κ3) is 4.14. The van der Waals surface area contributed by atoms with Crippen molar-refractivity contribution in [1.29, 1.82) is 0 Å². The molecule has 0 radical (unpaired) electrons. The monoisotopic (exact) mass is 271 g/mol. The first-order valence-electron chi connectivity index (χ1n) is 7.71. The lowest BCUT2D eigenvalue weighted by atomic mass is 9.77. The molecule has 0 aromatic carbocycles. The summed E-state index contributed by atoms with van der Waals surface area (Å²) in [4.78, 5) is 2.59. The van der Waals surface area contributed by atoms with E-state index in [0.717, 1.165) is 24.1 Å². The van der Waals surface area contributed by atoms with Crippen molar-refractivity contribution in [3.8, 4) is 0 Å². The molecule has 2 nitrogen and oxygen atoms in total. The summed E-state index contributed by atoms with van der Waals surface area (Å²) in [6, 6.07) is 0. The maximum atomic E-state index is 10.2. The first kappa shape index (κ1) is 14.7. The molecule has 0 aromatic heterocycles. The minimum Gasteiger partial charge on any atom is -0.393 e. The Bertz CT molecular complexity index is 249. The number of nitrogens with zero attached hydrogens (tertiary/aromatic N) is 1. The number of thioether (sulfide) groups is 1. The normalized spacial score (nSPS) is 38.8. The van der Waals surface area contributed by atoms with Gasteiger partial charge in [0.1, 0.15) is 0 Å². The Morgan fingerprint density at radius 3 is 2.89 bits per heavy atom. The number of rotatable bonds is 4. The maximum Gasteiger partial charge on any atom is 0.0580 e. The Balaban J connectivity index is 1.82. The van der Waals surface area contributed by atoms with Crippen molar-refractivity contribution in [2.24, 2.45) is 11.8 Å². The molecule has 0 amide bonds. The van der Waals surface area contributed by atoms with Crippen molar-refractivity contribution in [1.82, 2.24) is 4.90 Å². The molecule has 18 heavy (non-hydrogen) atoms. The van der Waals surface area contributed by atoms with Crippen LogP contribution in [0.25, 0.3) is 0 Å². The fraction of sp³-hybridized carbons (Fsp3) is 1.00. The van der Waals surface area contributed by atoms with Crippen LogP contribution in [-0.2, 0) is 0 Å². The average molecular weight is 271 g/mol. The lowest BCUT2D eigenvalue weighted by Crippen LogP contribution is -2.44. The molecule has 2 fully saturated rings. The summed E-state index contributed by atoms with van der Waals surface area (Å²) in [5.41, 5.74) is 0. The lowest BCUT2D eigenvalue weighted by Gasteiger charge is -2.39. The van der Waals surface area contributed by atoms with Crippen LogP contribution in [0.15, 0.2) is 0 Å². The van der Waals surface area contributed by atoms with Gasteiger partial charge in [0.2, 0.25) is 0 Å². The van der Waals surface area contributed by atoms with Crippen molar-refractivity contribution in [2.45, 2.75) is 57.3 Å². The third-order valence-corrected chi connectivity index (χ3v) is 5.70. The van der Waals surface area contributed by atoms with E-state index in [2.05, 4.69) is 30.5 Å². The Labute approximate surface area is 117 Å². The third-order valence-electron chi connectivity index (χ3n) is 4.57. The van der Waals surface area contributed by atoms with Gasteiger partial charge in [0.15, 0.2) is 0 Å². The summed E-state index contributed by atoms with van der Waals surface area (Å²) in [6.07, 6.45) is 6.15. The van der Waals surface area contributed by atoms with Crippen LogP contribution in [0.5, 0.6) is 0 Å². The van der Waals surface area contributed by atoms with E-state index in [1.807, 2.05) is 0 Å². The Morgan fingerprint density at radius 2 is 2.17 bits per heavy atom. The van der Waals surface area contributed by atoms with Crippen LogP contribution in [0.4, 0.5) is 0 Å². The fourth-order valence-electron chi connectivity index (χ4n) is 3.60. The second-order valence-electron chi connectivity index (χ2n) is 6.24. The highest BCUT2D eigenvalue weighted by molar-refractivity contribution is 7.99. The molecule has 1 saturated heterocycles. The second-order valence-corrected chi connectivity index (χ2v) is 7.78. The van der Waals surface area contributed by atoms with Crippen molar-refractivity contribution in [3.05, 3.63) is 0 Å². The summed E-state index contributed by atoms with van der Waals surface area (Å²) in [7, 11) is 0. The van der Waals surface area contributed by atoms with Crippen LogP contribution in [0.3, 0.4) is 0 Å². The van der Waals surface area contributed by atoms with Gasteiger partial charge in [0.05, 0.1) is 6.10 Å². The zero-order valence-corrected chi connectivity index (χ0v) is 12.8. The highest BCUT2D eigenvalue weighted by atomic mass is 32.2. The van der Waals surface area contributed by atoms with Gasteiger partial charge in [0, 0.05) is 30.6 Å². The molecule has 0 bridgehead atoms. The first-order valence-corrected chi connectivity index (χ1v) is 8.76. The van der Waals surface area contributed by atoms with Crippen molar-refractivity contribution >= 4 is 11.8 Å². The summed E-state index contributed by atoms with van der Waals surface area (Å²) < 4.78 is 0. The van der Waals surface area contributed by atoms with Gasteiger partial charge in [-0.25, -0.2) is 0 Å². The summed E-state index contributed by atoms with van der Waals surface area (Å²) >= 11 is 2.09. The molecular formula is C15H29NOS. The number of aliphatic hydroxyl groups excluding tert-OH is 1. The molecule has 4 unspecified atom stereocenters. The van der Waals surface area contributed by atoms with E-state index in [1.54, 1.807) is 0 Å². The van der Waals surface area contributed by atoms with Gasteiger partial charge in [-0.1, -0.05) is 26.7 Å². The zero-order chi connectivity index (χ0) is 13.0. The van der Waals surface area contributed by atoms with Gasteiger partial charge in [-0.2, -0.15) is 11.8 Å². The molecular weight excluding hydrogens is 242 g/mol. The molecule has 1 N–H and O–H groups in total. The minimum atomic E-state index is -0.0389. The molecule has 1 heterocycles. The SMILES string of the molecule is CCCC1CCC(O)C(CN2CCSC(C)C2)C1. The Morgan fingerprint density at radius 1 is 1.33 bits per heavy atom. The van der Waals surface area contributed by atoms with E-state index < -0.39 is 0 Å². The highest BCUT2D eigenvalue weighted by Crippen LogP contribution is 2.33. The summed E-state index contributed by atoms with van der Waals surface area (Å²) in [5, 5.41) is 11.0. The number of aliphatic hydroxyl groups is 1. The van der Waals surface area contributed by atoms with Gasteiger partial charge in [-0.3, -0.25) is 0 Å². The van der Waals surface area contributed by atoms with Crippen LogP contribution >= 0.6 is 11.8 Å². The van der Waals surface area contributed by atoms with E-state index in [4.69, 9.17) is 0 Å². The van der Waals surface area contributed by atoms with E-state index in [-0.39, 0.29) is 6.10 Å². The molecule has 2 rings (SSSR count). The second kappa shape index (κ2) is 7.16. The molecule has 1 aliphatic heterocycles. The van der Waals surface area contributed by atoms with Crippen LogP contribution in [0, 0.1) is 11.8 Å². The van der Waals surface area contributed by atoms with E-state index in [1.165, 1.54) is 44.5 Å². The van der Waals surface area contributed by atoms with Crippen LogP contribution < -0.4 is 0 Å². The first-order chi connectivity index (χ1) is 8.69. The van der Waals surface area contributed by atoms with Crippen molar-refractivity contribution in [2.75, 3.05) is 25.4 Å². The molecule has 0 aromatic rings. The largest absolute Gasteiger partial charge is 0.393 e. The van der Waals surface area contributed by atoms with Gasteiger partial charge >= 0.3 is 0 Å². The molecule has 1 saturated carbocycles. The smallest absolute Gasteiger partial charge is 0.0580 e. The van der Waals surface area contributed by atoms with Crippen LogP contribution in [0.1, 0.15) is 46.0 Å². The van der Waals surface area contributed by atoms with E-state index in [9.17, 15) is 5.11 Å². The van der Waals surface area contributed by atoms with Gasteiger partial charge in [-0.05, 0) is 31.1 Å². The van der Waals surface area contributed by atoms with Crippen LogP contribution in [0.2, 0.25) is 0 Å². The minimum absolute atomic E-state index is 0.0389. The number of hydrogen-bond acceptors (Lipinski definition) is 3. The van der Waals surface area contributed by atoms with Gasteiger partial charge in [0.25, 0.3) is 0 Å².